The van der Waals surface area contributed by atoms with Gasteiger partial charge in [-0.2, -0.15) is 0 Å². The first-order valence-electron chi connectivity index (χ1n) is 6.76. The second-order valence-corrected chi connectivity index (χ2v) is 6.02. The summed E-state index contributed by atoms with van der Waals surface area (Å²) in [4.78, 5) is 0. The molecule has 1 atom stereocenters. The average Bonchev–Trinajstić information content (AvgIpc) is 2.78. The van der Waals surface area contributed by atoms with Crippen LogP contribution in [-0.2, 0) is 0 Å². The van der Waals surface area contributed by atoms with Crippen molar-refractivity contribution in [1.29, 1.82) is 0 Å². The van der Waals surface area contributed by atoms with E-state index < -0.39 is 0 Å². The molecule has 1 aromatic rings. The summed E-state index contributed by atoms with van der Waals surface area (Å²) in [6.45, 7) is 2.72. The Morgan fingerprint density at radius 1 is 1.41 bits per heavy atom. The van der Waals surface area contributed by atoms with E-state index in [0.29, 0.717) is 0 Å². The van der Waals surface area contributed by atoms with Crippen LogP contribution in [0.5, 0.6) is 0 Å². The predicted molar refractivity (Wildman–Crippen MR) is 74.9 cm³/mol. The van der Waals surface area contributed by atoms with Crippen LogP contribution in [0.1, 0.15) is 56.9 Å². The van der Waals surface area contributed by atoms with E-state index in [1.807, 2.05) is 6.92 Å². The molecule has 1 heterocycles. The van der Waals surface area contributed by atoms with E-state index in [4.69, 9.17) is 0 Å². The third kappa shape index (κ3) is 3.71. The van der Waals surface area contributed by atoms with Gasteiger partial charge in [0.1, 0.15) is 0 Å². The zero-order valence-corrected chi connectivity index (χ0v) is 11.4. The fourth-order valence-corrected chi connectivity index (χ4v) is 3.50. The molecule has 1 aromatic heterocycles. The molecule has 2 nitrogen and oxygen atoms in total. The van der Waals surface area contributed by atoms with Crippen LogP contribution in [0.2, 0.25) is 0 Å². The second kappa shape index (κ2) is 6.41. The van der Waals surface area contributed by atoms with Crippen molar-refractivity contribution >= 4 is 16.3 Å². The van der Waals surface area contributed by atoms with Gasteiger partial charge in [0, 0.05) is 6.54 Å². The Morgan fingerprint density at radius 3 is 2.88 bits per heavy atom. The Bertz CT molecular complexity index is 329. The number of aliphatic hydroxyl groups is 1. The lowest BCUT2D eigenvalue weighted by atomic mass is 9.85. The second-order valence-electron chi connectivity index (χ2n) is 5.10. The number of thiophene rings is 1. The highest BCUT2D eigenvalue weighted by atomic mass is 32.1. The quantitative estimate of drug-likeness (QED) is 0.832. The van der Waals surface area contributed by atoms with Crippen LogP contribution in [0.15, 0.2) is 11.4 Å². The van der Waals surface area contributed by atoms with Crippen LogP contribution in [0.25, 0.3) is 0 Å². The molecule has 2 N–H and O–H groups in total. The maximum Gasteiger partial charge on any atom is 0.0917 e. The summed E-state index contributed by atoms with van der Waals surface area (Å²) in [7, 11) is 0. The molecule has 1 fully saturated rings. The molecule has 2 rings (SSSR count). The Hall–Kier alpha value is -0.540. The summed E-state index contributed by atoms with van der Waals surface area (Å²) in [6, 6.07) is 2.28. The fourth-order valence-electron chi connectivity index (χ4n) is 2.59. The molecule has 0 aliphatic heterocycles. The van der Waals surface area contributed by atoms with Gasteiger partial charge < -0.3 is 10.4 Å². The van der Waals surface area contributed by atoms with Crippen molar-refractivity contribution in [2.45, 2.75) is 57.5 Å². The minimum Gasteiger partial charge on any atom is -0.393 e. The Labute approximate surface area is 108 Å². The molecule has 1 unspecified atom stereocenters. The topological polar surface area (TPSA) is 32.3 Å². The molecule has 0 saturated heterocycles. The minimum absolute atomic E-state index is 0.208. The van der Waals surface area contributed by atoms with Gasteiger partial charge in [0.15, 0.2) is 0 Å². The molecule has 1 aliphatic rings. The van der Waals surface area contributed by atoms with Gasteiger partial charge in [0.25, 0.3) is 0 Å². The van der Waals surface area contributed by atoms with E-state index in [1.165, 1.54) is 42.7 Å². The molecule has 96 valence electrons. The average molecular weight is 253 g/mol. The van der Waals surface area contributed by atoms with Crippen molar-refractivity contribution in [2.24, 2.45) is 0 Å². The normalized spacial score (nSPS) is 19.2. The van der Waals surface area contributed by atoms with Gasteiger partial charge >= 0.3 is 0 Å². The summed E-state index contributed by atoms with van der Waals surface area (Å²) in [5.74, 6) is 0.768. The summed E-state index contributed by atoms with van der Waals surface area (Å²) >= 11 is 1.80. The summed E-state index contributed by atoms with van der Waals surface area (Å²) in [5, 5.41) is 16.3. The first-order chi connectivity index (χ1) is 8.27. The fraction of sp³-hybridized carbons (Fsp3) is 0.714. The number of hydrogen-bond donors (Lipinski definition) is 2. The van der Waals surface area contributed by atoms with Crippen molar-refractivity contribution in [1.82, 2.24) is 0 Å². The van der Waals surface area contributed by atoms with Gasteiger partial charge in [-0.1, -0.05) is 19.3 Å². The van der Waals surface area contributed by atoms with Gasteiger partial charge in [0.2, 0.25) is 0 Å². The third-order valence-corrected chi connectivity index (χ3v) is 4.48. The molecule has 1 saturated carbocycles. The summed E-state index contributed by atoms with van der Waals surface area (Å²) in [5.41, 5.74) is 1.51. The number of rotatable bonds is 5. The number of aliphatic hydroxyl groups excluding tert-OH is 1. The lowest BCUT2D eigenvalue weighted by molar-refractivity contribution is 0.189. The lowest BCUT2D eigenvalue weighted by Crippen LogP contribution is -2.11. The molecule has 3 heteroatoms. The van der Waals surface area contributed by atoms with E-state index in [2.05, 4.69) is 16.8 Å². The summed E-state index contributed by atoms with van der Waals surface area (Å²) < 4.78 is 0. The van der Waals surface area contributed by atoms with Crippen molar-refractivity contribution in [3.63, 3.8) is 0 Å². The van der Waals surface area contributed by atoms with Crippen LogP contribution < -0.4 is 5.32 Å². The highest BCUT2D eigenvalue weighted by Gasteiger charge is 2.19. The Kier molecular flexibility index (Phi) is 4.86. The van der Waals surface area contributed by atoms with Gasteiger partial charge in [-0.3, -0.25) is 0 Å². The van der Waals surface area contributed by atoms with Crippen molar-refractivity contribution in [3.8, 4) is 0 Å². The van der Waals surface area contributed by atoms with E-state index in [1.54, 1.807) is 11.3 Å². The molecular formula is C14H23NOS. The number of nitrogens with one attached hydrogen (secondary N) is 1. The molecule has 17 heavy (non-hydrogen) atoms. The monoisotopic (exact) mass is 253 g/mol. The zero-order chi connectivity index (χ0) is 12.1. The predicted octanol–water partition coefficient (Wildman–Crippen LogP) is 3.98. The van der Waals surface area contributed by atoms with Crippen LogP contribution in [0.3, 0.4) is 0 Å². The maximum atomic E-state index is 9.26. The van der Waals surface area contributed by atoms with E-state index in [9.17, 15) is 5.11 Å². The maximum absolute atomic E-state index is 9.26. The lowest BCUT2D eigenvalue weighted by Gasteiger charge is -2.22. The molecule has 0 spiro atoms. The van der Waals surface area contributed by atoms with E-state index in [-0.39, 0.29) is 6.10 Å². The smallest absolute Gasteiger partial charge is 0.0917 e. The van der Waals surface area contributed by atoms with Gasteiger partial charge in [-0.25, -0.2) is 0 Å². The first kappa shape index (κ1) is 12.9. The largest absolute Gasteiger partial charge is 0.393 e. The van der Waals surface area contributed by atoms with E-state index in [0.717, 1.165) is 18.9 Å². The highest BCUT2D eigenvalue weighted by Crippen LogP contribution is 2.38. The minimum atomic E-state index is -0.208. The summed E-state index contributed by atoms with van der Waals surface area (Å²) in [6.07, 6.45) is 7.48. The first-order valence-corrected chi connectivity index (χ1v) is 7.64. The van der Waals surface area contributed by atoms with Crippen LogP contribution in [-0.4, -0.2) is 17.8 Å². The van der Waals surface area contributed by atoms with Crippen molar-refractivity contribution < 1.29 is 5.11 Å². The molecule has 0 aromatic carbocycles. The molecular weight excluding hydrogens is 230 g/mol. The SMILES string of the molecule is CC(O)CCNc1sccc1C1CCCCC1. The molecule has 0 amide bonds. The van der Waals surface area contributed by atoms with Gasteiger partial charge in [-0.15, -0.1) is 11.3 Å². The van der Waals surface area contributed by atoms with Crippen molar-refractivity contribution in [2.75, 3.05) is 11.9 Å². The van der Waals surface area contributed by atoms with Crippen LogP contribution in [0, 0.1) is 0 Å². The van der Waals surface area contributed by atoms with Crippen LogP contribution >= 0.6 is 11.3 Å². The number of anilines is 1. The van der Waals surface area contributed by atoms with Gasteiger partial charge in [-0.05, 0) is 49.1 Å². The van der Waals surface area contributed by atoms with Crippen molar-refractivity contribution in [3.05, 3.63) is 17.0 Å². The molecule has 0 radical (unpaired) electrons. The molecule has 0 bridgehead atoms. The zero-order valence-electron chi connectivity index (χ0n) is 10.6. The Balaban J connectivity index is 1.91. The Morgan fingerprint density at radius 2 is 2.18 bits per heavy atom. The molecule has 1 aliphatic carbocycles. The highest BCUT2D eigenvalue weighted by molar-refractivity contribution is 7.14. The number of hydrogen-bond acceptors (Lipinski definition) is 3. The van der Waals surface area contributed by atoms with Gasteiger partial charge in [0.05, 0.1) is 11.1 Å². The standard InChI is InChI=1S/C14H23NOS/c1-11(16)7-9-15-14-13(8-10-17-14)12-5-3-2-4-6-12/h8,10-12,15-16H,2-7,9H2,1H3. The third-order valence-electron chi connectivity index (χ3n) is 3.59. The van der Waals surface area contributed by atoms with Crippen LogP contribution in [0.4, 0.5) is 5.00 Å². The van der Waals surface area contributed by atoms with E-state index >= 15 is 0 Å².